The Morgan fingerprint density at radius 1 is 1.14 bits per heavy atom. The summed E-state index contributed by atoms with van der Waals surface area (Å²) in [6, 6.07) is 7.23. The van der Waals surface area contributed by atoms with Gasteiger partial charge in [-0.2, -0.15) is 0 Å². The van der Waals surface area contributed by atoms with Crippen molar-refractivity contribution in [3.05, 3.63) is 24.3 Å². The fraction of sp³-hybridized carbons (Fsp3) is 0.692. The first kappa shape index (κ1) is 29.5. The monoisotopic (exact) mass is 510 g/mol. The molecule has 0 aromatic heterocycles. The lowest BCUT2D eigenvalue weighted by Gasteiger charge is -2.32. The summed E-state index contributed by atoms with van der Waals surface area (Å²) in [5.41, 5.74) is -0.570. The van der Waals surface area contributed by atoms with Gasteiger partial charge in [0, 0.05) is 6.54 Å². The van der Waals surface area contributed by atoms with Gasteiger partial charge in [-0.3, -0.25) is 0 Å². The van der Waals surface area contributed by atoms with E-state index in [1.165, 1.54) is 0 Å². The maximum Gasteiger partial charge on any atom is 0.410 e. The van der Waals surface area contributed by atoms with Crippen molar-refractivity contribution in [3.63, 3.8) is 0 Å². The van der Waals surface area contributed by atoms with Crippen LogP contribution in [-0.4, -0.2) is 87.6 Å². The van der Waals surface area contributed by atoms with E-state index in [-0.39, 0.29) is 44.5 Å². The molecule has 0 aliphatic carbocycles. The summed E-state index contributed by atoms with van der Waals surface area (Å²) >= 11 is 0. The molecule has 0 unspecified atom stereocenters. The summed E-state index contributed by atoms with van der Waals surface area (Å²) in [6.45, 7) is 14.0. The zero-order chi connectivity index (χ0) is 26.6. The van der Waals surface area contributed by atoms with Crippen LogP contribution in [0.1, 0.15) is 41.5 Å². The molecular formula is C26H42N2O8. The van der Waals surface area contributed by atoms with Crippen molar-refractivity contribution in [2.75, 3.05) is 52.7 Å². The van der Waals surface area contributed by atoms with Crippen molar-refractivity contribution in [1.29, 1.82) is 0 Å². The van der Waals surface area contributed by atoms with Crippen molar-refractivity contribution in [2.24, 2.45) is 5.92 Å². The Hall–Kier alpha value is -2.72. The lowest BCUT2D eigenvalue weighted by molar-refractivity contribution is -0.0477. The van der Waals surface area contributed by atoms with Gasteiger partial charge in [-0.1, -0.05) is 26.0 Å². The normalized spacial score (nSPS) is 16.9. The predicted molar refractivity (Wildman–Crippen MR) is 135 cm³/mol. The van der Waals surface area contributed by atoms with E-state index in [0.29, 0.717) is 37.8 Å². The van der Waals surface area contributed by atoms with Gasteiger partial charge in [-0.05, 0) is 45.7 Å². The van der Waals surface area contributed by atoms with Gasteiger partial charge >= 0.3 is 12.2 Å². The standard InChI is InChI=1S/C26H42N2O8/c1-7-32-22-10-8-9-11-23(22)35-17-20-16-28(12-13-33-20)25(30)34-15-14-31-18-21(19(2)3)27-24(29)36-26(4,5)6/h8-11,19-21H,7,12-18H2,1-6H3,(H,27,29)/t20-,21+/m0/s1. The molecule has 0 spiro atoms. The molecule has 1 heterocycles. The van der Waals surface area contributed by atoms with Gasteiger partial charge in [-0.15, -0.1) is 0 Å². The van der Waals surface area contributed by atoms with Gasteiger partial charge in [0.25, 0.3) is 0 Å². The van der Waals surface area contributed by atoms with Crippen LogP contribution in [-0.2, 0) is 18.9 Å². The number of morpholine rings is 1. The first-order valence-corrected chi connectivity index (χ1v) is 12.5. The lowest BCUT2D eigenvalue weighted by atomic mass is 10.1. The molecule has 0 saturated carbocycles. The van der Waals surface area contributed by atoms with Gasteiger partial charge in [0.1, 0.15) is 24.9 Å². The number of nitrogens with zero attached hydrogens (tertiary/aromatic N) is 1. The highest BCUT2D eigenvalue weighted by molar-refractivity contribution is 5.68. The van der Waals surface area contributed by atoms with Gasteiger partial charge in [0.2, 0.25) is 0 Å². The average molecular weight is 511 g/mol. The predicted octanol–water partition coefficient (Wildman–Crippen LogP) is 3.87. The summed E-state index contributed by atoms with van der Waals surface area (Å²) in [5.74, 6) is 1.46. The fourth-order valence-corrected chi connectivity index (χ4v) is 3.36. The maximum atomic E-state index is 12.5. The summed E-state index contributed by atoms with van der Waals surface area (Å²) < 4.78 is 33.5. The molecule has 1 saturated heterocycles. The van der Waals surface area contributed by atoms with E-state index in [1.54, 1.807) is 4.90 Å². The molecule has 36 heavy (non-hydrogen) atoms. The zero-order valence-corrected chi connectivity index (χ0v) is 22.4. The molecule has 1 aromatic carbocycles. The average Bonchev–Trinajstić information content (AvgIpc) is 2.81. The Labute approximate surface area is 214 Å². The molecule has 0 bridgehead atoms. The number of alkyl carbamates (subject to hydrolysis) is 1. The van der Waals surface area contributed by atoms with Crippen molar-refractivity contribution in [1.82, 2.24) is 10.2 Å². The number of hydrogen-bond acceptors (Lipinski definition) is 8. The van der Waals surface area contributed by atoms with Crippen LogP contribution in [0.4, 0.5) is 9.59 Å². The second-order valence-corrected chi connectivity index (χ2v) is 9.82. The largest absolute Gasteiger partial charge is 0.490 e. The Bertz CT molecular complexity index is 811. The molecule has 10 nitrogen and oxygen atoms in total. The third-order valence-corrected chi connectivity index (χ3v) is 5.23. The number of carbonyl (C=O) groups excluding carboxylic acids is 2. The molecule has 10 heteroatoms. The number of para-hydroxylation sites is 2. The van der Waals surface area contributed by atoms with Gasteiger partial charge in [-0.25, -0.2) is 9.59 Å². The topological polar surface area (TPSA) is 105 Å². The number of ether oxygens (including phenoxy) is 6. The van der Waals surface area contributed by atoms with Crippen molar-refractivity contribution in [2.45, 2.75) is 59.3 Å². The quantitative estimate of drug-likeness (QED) is 0.423. The van der Waals surface area contributed by atoms with E-state index in [2.05, 4.69) is 5.32 Å². The van der Waals surface area contributed by atoms with Crippen LogP contribution in [0.5, 0.6) is 11.5 Å². The van der Waals surface area contributed by atoms with Gasteiger partial charge in [0.05, 0.1) is 39.0 Å². The highest BCUT2D eigenvalue weighted by atomic mass is 16.6. The van der Waals surface area contributed by atoms with Crippen molar-refractivity contribution >= 4 is 12.2 Å². The molecule has 2 amide bonds. The fourth-order valence-electron chi connectivity index (χ4n) is 3.36. The van der Waals surface area contributed by atoms with Crippen LogP contribution in [0.25, 0.3) is 0 Å². The van der Waals surface area contributed by atoms with Crippen LogP contribution in [0.2, 0.25) is 0 Å². The number of nitrogens with one attached hydrogen (secondary N) is 1. The molecule has 1 aliphatic heterocycles. The molecule has 204 valence electrons. The molecular weight excluding hydrogens is 468 g/mol. The summed E-state index contributed by atoms with van der Waals surface area (Å²) in [4.78, 5) is 26.1. The van der Waals surface area contributed by atoms with Crippen LogP contribution in [0, 0.1) is 5.92 Å². The second-order valence-electron chi connectivity index (χ2n) is 9.82. The molecule has 0 radical (unpaired) electrons. The Kier molecular flexibility index (Phi) is 12.1. The lowest BCUT2D eigenvalue weighted by Crippen LogP contribution is -2.48. The van der Waals surface area contributed by atoms with E-state index >= 15 is 0 Å². The minimum Gasteiger partial charge on any atom is -0.490 e. The number of hydrogen-bond donors (Lipinski definition) is 1. The van der Waals surface area contributed by atoms with E-state index in [9.17, 15) is 9.59 Å². The number of carbonyl (C=O) groups is 2. The first-order valence-electron chi connectivity index (χ1n) is 12.5. The molecule has 1 aromatic rings. The second kappa shape index (κ2) is 14.7. The summed E-state index contributed by atoms with van der Waals surface area (Å²) in [7, 11) is 0. The minimum atomic E-state index is -0.570. The number of amides is 2. The van der Waals surface area contributed by atoms with Crippen LogP contribution >= 0.6 is 0 Å². The maximum absolute atomic E-state index is 12.5. The van der Waals surface area contributed by atoms with Crippen LogP contribution in [0.3, 0.4) is 0 Å². The summed E-state index contributed by atoms with van der Waals surface area (Å²) in [6.07, 6.45) is -1.18. The van der Waals surface area contributed by atoms with E-state index in [4.69, 9.17) is 28.4 Å². The number of rotatable bonds is 12. The van der Waals surface area contributed by atoms with Gasteiger partial charge in [0.15, 0.2) is 11.5 Å². The van der Waals surface area contributed by atoms with Crippen LogP contribution in [0.15, 0.2) is 24.3 Å². The van der Waals surface area contributed by atoms with E-state index in [1.807, 2.05) is 65.8 Å². The van der Waals surface area contributed by atoms with E-state index < -0.39 is 17.8 Å². The molecule has 2 rings (SSSR count). The molecule has 1 fully saturated rings. The SMILES string of the molecule is CCOc1ccccc1OC[C@@H]1CN(C(=O)OCCOC[C@@H](NC(=O)OC(C)(C)C)C(C)C)CCO1. The number of benzene rings is 1. The highest BCUT2D eigenvalue weighted by Crippen LogP contribution is 2.26. The van der Waals surface area contributed by atoms with Gasteiger partial charge < -0.3 is 38.6 Å². The molecule has 1 N–H and O–H groups in total. The zero-order valence-electron chi connectivity index (χ0n) is 22.4. The third-order valence-electron chi connectivity index (χ3n) is 5.23. The van der Waals surface area contributed by atoms with Crippen molar-refractivity contribution in [3.8, 4) is 11.5 Å². The smallest absolute Gasteiger partial charge is 0.410 e. The highest BCUT2D eigenvalue weighted by Gasteiger charge is 2.26. The Morgan fingerprint density at radius 2 is 1.83 bits per heavy atom. The molecule has 2 atom stereocenters. The molecule has 1 aliphatic rings. The van der Waals surface area contributed by atoms with Crippen LogP contribution < -0.4 is 14.8 Å². The first-order chi connectivity index (χ1) is 17.1. The Morgan fingerprint density at radius 3 is 2.47 bits per heavy atom. The van der Waals surface area contributed by atoms with E-state index in [0.717, 1.165) is 0 Å². The Balaban J connectivity index is 1.69. The van der Waals surface area contributed by atoms with Crippen molar-refractivity contribution < 1.29 is 38.0 Å². The third kappa shape index (κ3) is 10.9. The summed E-state index contributed by atoms with van der Waals surface area (Å²) in [5, 5.41) is 2.83. The minimum absolute atomic E-state index is 0.107.